The van der Waals surface area contributed by atoms with E-state index in [4.69, 9.17) is 0 Å². The van der Waals surface area contributed by atoms with Gasteiger partial charge >= 0.3 is 6.09 Å². The first-order valence-corrected chi connectivity index (χ1v) is 10.5. The number of hydrogen-bond acceptors (Lipinski definition) is 5. The number of hydrogen-bond donors (Lipinski definition) is 2. The molecule has 2 aromatic rings. The van der Waals surface area contributed by atoms with Gasteiger partial charge in [0, 0.05) is 17.5 Å². The van der Waals surface area contributed by atoms with E-state index >= 15 is 0 Å². The minimum Gasteiger partial charge on any atom is -0.453 e. The van der Waals surface area contributed by atoms with Gasteiger partial charge in [-0.3, -0.25) is 0 Å². The molecule has 2 rings (SSSR count). The molecule has 0 fully saturated rings. The van der Waals surface area contributed by atoms with E-state index in [1.165, 1.54) is 18.4 Å². The molecule has 0 bridgehead atoms. The molecule has 2 N–H and O–H groups in total. The van der Waals surface area contributed by atoms with Crippen molar-refractivity contribution in [3.05, 3.63) is 51.9 Å². The number of amides is 1. The van der Waals surface area contributed by atoms with Gasteiger partial charge in [-0.25, -0.2) is 17.9 Å². The van der Waals surface area contributed by atoms with Crippen molar-refractivity contribution < 1.29 is 17.9 Å². The van der Waals surface area contributed by atoms with Crippen LogP contribution in [0, 0.1) is 13.8 Å². The summed E-state index contributed by atoms with van der Waals surface area (Å²) in [5, 5.41) is 2.58. The molecule has 6 nitrogen and oxygen atoms in total. The molecule has 1 heterocycles. The van der Waals surface area contributed by atoms with Crippen LogP contribution in [-0.4, -0.2) is 28.2 Å². The first-order valence-electron chi connectivity index (χ1n) is 8.23. The Bertz CT molecular complexity index is 855. The lowest BCUT2D eigenvalue weighted by molar-refractivity contribution is 0.171. The summed E-state index contributed by atoms with van der Waals surface area (Å²) in [5.41, 5.74) is 3.11. The largest absolute Gasteiger partial charge is 0.453 e. The molecule has 0 saturated carbocycles. The quantitative estimate of drug-likeness (QED) is 0.752. The number of aryl methyl sites for hydroxylation is 2. The molecule has 0 aliphatic heterocycles. The van der Waals surface area contributed by atoms with Gasteiger partial charge in [0.25, 0.3) is 10.0 Å². The molecule has 1 aromatic heterocycles. The SMILES string of the molecule is COC(=O)NCCc1ccc(S(=O)(=O)N[C@@H](C)c2c(C)cccc2C)s1. The zero-order chi connectivity index (χ0) is 19.3. The van der Waals surface area contributed by atoms with Crippen molar-refractivity contribution in [1.82, 2.24) is 10.0 Å². The summed E-state index contributed by atoms with van der Waals surface area (Å²) in [6, 6.07) is 8.95. The summed E-state index contributed by atoms with van der Waals surface area (Å²) >= 11 is 1.20. The van der Waals surface area contributed by atoms with Gasteiger partial charge in [-0.1, -0.05) is 18.2 Å². The number of rotatable bonds is 7. The number of thiophene rings is 1. The van der Waals surface area contributed by atoms with Crippen LogP contribution in [0.15, 0.2) is 34.5 Å². The van der Waals surface area contributed by atoms with Crippen LogP contribution in [0.5, 0.6) is 0 Å². The predicted molar refractivity (Wildman–Crippen MR) is 103 cm³/mol. The molecule has 0 aliphatic rings. The highest BCUT2D eigenvalue weighted by Crippen LogP contribution is 2.26. The summed E-state index contributed by atoms with van der Waals surface area (Å²) in [5.74, 6) is 0. The first kappa shape index (κ1) is 20.4. The molecule has 1 atom stereocenters. The number of methoxy groups -OCH3 is 1. The fourth-order valence-electron chi connectivity index (χ4n) is 2.86. The zero-order valence-electron chi connectivity index (χ0n) is 15.3. The standard InChI is InChI=1S/C18H24N2O4S2/c1-12-6-5-7-13(2)17(12)14(3)20-26(22,23)16-9-8-15(25-16)10-11-19-18(21)24-4/h5-9,14,20H,10-11H2,1-4H3,(H,19,21)/t14-/m0/s1. The van der Waals surface area contributed by atoms with Crippen LogP contribution >= 0.6 is 11.3 Å². The number of nitrogens with one attached hydrogen (secondary N) is 2. The molecular weight excluding hydrogens is 372 g/mol. The number of alkyl carbamates (subject to hydrolysis) is 1. The molecule has 0 unspecified atom stereocenters. The number of ether oxygens (including phenoxy) is 1. The lowest BCUT2D eigenvalue weighted by Crippen LogP contribution is -2.27. The molecule has 0 saturated heterocycles. The van der Waals surface area contributed by atoms with Crippen molar-refractivity contribution in [2.24, 2.45) is 0 Å². The number of sulfonamides is 1. The summed E-state index contributed by atoms with van der Waals surface area (Å²) in [6.45, 7) is 6.19. The highest BCUT2D eigenvalue weighted by atomic mass is 32.2. The molecule has 0 radical (unpaired) electrons. The molecule has 0 spiro atoms. The van der Waals surface area contributed by atoms with Crippen molar-refractivity contribution in [3.63, 3.8) is 0 Å². The van der Waals surface area contributed by atoms with Crippen LogP contribution in [0.3, 0.4) is 0 Å². The topological polar surface area (TPSA) is 84.5 Å². The van der Waals surface area contributed by atoms with Crippen molar-refractivity contribution in [2.45, 2.75) is 37.4 Å². The maximum atomic E-state index is 12.7. The van der Waals surface area contributed by atoms with Gasteiger partial charge in [-0.2, -0.15) is 0 Å². The Morgan fingerprint density at radius 2 is 1.85 bits per heavy atom. The second kappa shape index (κ2) is 8.66. The predicted octanol–water partition coefficient (Wildman–Crippen LogP) is 3.30. The lowest BCUT2D eigenvalue weighted by Gasteiger charge is -2.18. The van der Waals surface area contributed by atoms with Crippen LogP contribution < -0.4 is 10.0 Å². The van der Waals surface area contributed by atoms with E-state index in [0.717, 1.165) is 21.6 Å². The van der Waals surface area contributed by atoms with Gasteiger partial charge in [0.15, 0.2) is 0 Å². The van der Waals surface area contributed by atoms with E-state index in [0.29, 0.717) is 13.0 Å². The van der Waals surface area contributed by atoms with Gasteiger partial charge in [0.05, 0.1) is 7.11 Å². The maximum absolute atomic E-state index is 12.7. The van der Waals surface area contributed by atoms with E-state index in [1.54, 1.807) is 12.1 Å². The normalized spacial score (nSPS) is 12.6. The van der Waals surface area contributed by atoms with Crippen LogP contribution in [-0.2, 0) is 21.2 Å². The van der Waals surface area contributed by atoms with E-state index in [2.05, 4.69) is 14.8 Å². The van der Waals surface area contributed by atoms with E-state index in [9.17, 15) is 13.2 Å². The van der Waals surface area contributed by atoms with Crippen LogP contribution in [0.2, 0.25) is 0 Å². The summed E-state index contributed by atoms with van der Waals surface area (Å²) in [7, 11) is -2.31. The highest BCUT2D eigenvalue weighted by Gasteiger charge is 2.22. The van der Waals surface area contributed by atoms with Crippen molar-refractivity contribution in [1.29, 1.82) is 0 Å². The molecule has 142 valence electrons. The second-order valence-corrected chi connectivity index (χ2v) is 9.15. The maximum Gasteiger partial charge on any atom is 0.406 e. The summed E-state index contributed by atoms with van der Waals surface area (Å²) in [6.07, 6.45) is 0.0420. The lowest BCUT2D eigenvalue weighted by atomic mass is 9.98. The molecule has 26 heavy (non-hydrogen) atoms. The van der Waals surface area contributed by atoms with Crippen molar-refractivity contribution >= 4 is 27.5 Å². The van der Waals surface area contributed by atoms with E-state index in [1.807, 2.05) is 39.0 Å². The average molecular weight is 397 g/mol. The smallest absolute Gasteiger partial charge is 0.406 e. The van der Waals surface area contributed by atoms with Crippen molar-refractivity contribution in [3.8, 4) is 0 Å². The third-order valence-corrected chi connectivity index (χ3v) is 7.21. The highest BCUT2D eigenvalue weighted by molar-refractivity contribution is 7.91. The van der Waals surface area contributed by atoms with Gasteiger partial charge in [-0.15, -0.1) is 11.3 Å². The Labute approximate surface area is 158 Å². The Kier molecular flexibility index (Phi) is 6.80. The number of carbonyl (C=O) groups is 1. The van der Waals surface area contributed by atoms with Gasteiger partial charge in [0.1, 0.15) is 4.21 Å². The summed E-state index contributed by atoms with van der Waals surface area (Å²) < 4.78 is 32.9. The Hall–Kier alpha value is -1.90. The second-order valence-electron chi connectivity index (χ2n) is 6.04. The number of benzene rings is 1. The van der Waals surface area contributed by atoms with Crippen LogP contribution in [0.1, 0.15) is 34.5 Å². The zero-order valence-corrected chi connectivity index (χ0v) is 17.0. The third-order valence-electron chi connectivity index (χ3n) is 4.04. The van der Waals surface area contributed by atoms with Crippen molar-refractivity contribution in [2.75, 3.05) is 13.7 Å². The van der Waals surface area contributed by atoms with Gasteiger partial charge < -0.3 is 10.1 Å². The summed E-state index contributed by atoms with van der Waals surface area (Å²) in [4.78, 5) is 11.9. The Morgan fingerprint density at radius 3 is 2.46 bits per heavy atom. The van der Waals surface area contributed by atoms with Crippen LogP contribution in [0.4, 0.5) is 4.79 Å². The van der Waals surface area contributed by atoms with Gasteiger partial charge in [-0.05, 0) is 56.0 Å². The van der Waals surface area contributed by atoms with E-state index in [-0.39, 0.29) is 10.3 Å². The number of carbonyl (C=O) groups excluding carboxylic acids is 1. The minimum absolute atomic E-state index is 0.267. The van der Waals surface area contributed by atoms with Gasteiger partial charge in [0.2, 0.25) is 0 Å². The average Bonchev–Trinajstić information content (AvgIpc) is 3.04. The first-order chi connectivity index (χ1) is 12.2. The van der Waals surface area contributed by atoms with Crippen LogP contribution in [0.25, 0.3) is 0 Å². The Morgan fingerprint density at radius 1 is 1.19 bits per heavy atom. The fraction of sp³-hybridized carbons (Fsp3) is 0.389. The minimum atomic E-state index is -3.61. The molecule has 1 aromatic carbocycles. The molecule has 1 amide bonds. The third kappa shape index (κ3) is 5.06. The molecule has 0 aliphatic carbocycles. The Balaban J connectivity index is 2.07. The molecular formula is C18H24N2O4S2. The van der Waals surface area contributed by atoms with E-state index < -0.39 is 16.1 Å². The molecule has 8 heteroatoms. The fourth-order valence-corrected chi connectivity index (χ4v) is 5.44. The monoisotopic (exact) mass is 396 g/mol.